The third kappa shape index (κ3) is 4.83. The Morgan fingerprint density at radius 1 is 1.42 bits per heavy atom. The van der Waals surface area contributed by atoms with Crippen LogP contribution in [-0.4, -0.2) is 30.6 Å². The fourth-order valence-corrected chi connectivity index (χ4v) is 1.54. The molecule has 0 bridgehead atoms. The molecule has 0 aliphatic rings. The summed E-state index contributed by atoms with van der Waals surface area (Å²) in [6.45, 7) is 2.01. The fourth-order valence-electron chi connectivity index (χ4n) is 1.54. The van der Waals surface area contributed by atoms with Crippen molar-refractivity contribution in [3.05, 3.63) is 35.4 Å². The summed E-state index contributed by atoms with van der Waals surface area (Å²) in [5.74, 6) is -0.435. The monoisotopic (exact) mass is 263 g/mol. The number of methoxy groups -OCH3 is 1. The zero-order chi connectivity index (χ0) is 14.3. The Morgan fingerprint density at radius 2 is 2.16 bits per heavy atom. The zero-order valence-corrected chi connectivity index (χ0v) is 11.0. The van der Waals surface area contributed by atoms with E-state index in [4.69, 9.17) is 9.84 Å². The highest BCUT2D eigenvalue weighted by Crippen LogP contribution is 2.21. The van der Waals surface area contributed by atoms with Crippen molar-refractivity contribution in [2.75, 3.05) is 13.7 Å². The molecule has 0 radical (unpaired) electrons. The molecule has 2 N–H and O–H groups in total. The number of benzene rings is 1. The van der Waals surface area contributed by atoms with Crippen molar-refractivity contribution in [2.45, 2.75) is 13.3 Å². The lowest BCUT2D eigenvalue weighted by molar-refractivity contribution is -0.118. The first kappa shape index (κ1) is 14.8. The normalized spacial score (nSPS) is 10.4. The van der Waals surface area contributed by atoms with Gasteiger partial charge in [-0.2, -0.15) is 0 Å². The number of amides is 1. The predicted molar refractivity (Wildman–Crippen MR) is 72.3 cm³/mol. The molecule has 0 spiro atoms. The molecule has 5 nitrogen and oxygen atoms in total. The van der Waals surface area contributed by atoms with Crippen LogP contribution in [-0.2, 0) is 4.79 Å². The van der Waals surface area contributed by atoms with Gasteiger partial charge in [0.15, 0.2) is 0 Å². The highest BCUT2D eigenvalue weighted by atomic mass is 16.5. The highest BCUT2D eigenvalue weighted by molar-refractivity contribution is 5.88. The van der Waals surface area contributed by atoms with Crippen LogP contribution in [0, 0.1) is 0 Å². The molecular weight excluding hydrogens is 246 g/mol. The van der Waals surface area contributed by atoms with Crippen molar-refractivity contribution in [2.24, 2.45) is 0 Å². The van der Waals surface area contributed by atoms with Crippen molar-refractivity contribution in [1.29, 1.82) is 0 Å². The van der Waals surface area contributed by atoms with Gasteiger partial charge in [0, 0.05) is 19.0 Å². The van der Waals surface area contributed by atoms with Crippen molar-refractivity contribution in [3.8, 4) is 5.75 Å². The Bertz CT molecular complexity index is 494. The summed E-state index contributed by atoms with van der Waals surface area (Å²) in [6.07, 6.45) is 4.31. The second kappa shape index (κ2) is 7.20. The average Bonchev–Trinajstić information content (AvgIpc) is 2.37. The van der Waals surface area contributed by atoms with Crippen LogP contribution in [0.15, 0.2) is 24.3 Å². The summed E-state index contributed by atoms with van der Waals surface area (Å²) < 4.78 is 5.16. The first-order valence-corrected chi connectivity index (χ1v) is 5.87. The van der Waals surface area contributed by atoms with Gasteiger partial charge in [-0.1, -0.05) is 12.2 Å². The molecule has 102 valence electrons. The summed E-state index contributed by atoms with van der Waals surface area (Å²) in [6, 6.07) is 4.67. The Hall–Kier alpha value is -2.30. The van der Waals surface area contributed by atoms with E-state index in [1.165, 1.54) is 20.1 Å². The minimum absolute atomic E-state index is 0.0705. The quantitative estimate of drug-likeness (QED) is 0.769. The van der Waals surface area contributed by atoms with Crippen LogP contribution in [0.3, 0.4) is 0 Å². The van der Waals surface area contributed by atoms with Gasteiger partial charge in [0.1, 0.15) is 5.75 Å². The number of hydrogen-bond acceptors (Lipinski definition) is 3. The van der Waals surface area contributed by atoms with Crippen LogP contribution < -0.4 is 10.1 Å². The van der Waals surface area contributed by atoms with E-state index in [2.05, 4.69) is 5.32 Å². The molecule has 0 aliphatic carbocycles. The van der Waals surface area contributed by atoms with E-state index in [1.54, 1.807) is 18.2 Å². The van der Waals surface area contributed by atoms with E-state index in [0.717, 1.165) is 0 Å². The molecule has 5 heteroatoms. The molecule has 1 amide bonds. The molecular formula is C14H17NO4. The third-order valence-corrected chi connectivity index (χ3v) is 2.46. The third-order valence-electron chi connectivity index (χ3n) is 2.46. The van der Waals surface area contributed by atoms with Gasteiger partial charge < -0.3 is 15.2 Å². The minimum atomic E-state index is -0.976. The lowest BCUT2D eigenvalue weighted by atomic mass is 10.1. The second-order valence-electron chi connectivity index (χ2n) is 3.94. The molecule has 1 rings (SSSR count). The molecule has 0 heterocycles. The van der Waals surface area contributed by atoms with Crippen LogP contribution in [0.2, 0.25) is 0 Å². The maximum absolute atomic E-state index is 10.9. The first-order valence-electron chi connectivity index (χ1n) is 5.87. The largest absolute Gasteiger partial charge is 0.496 e. The number of carboxylic acid groups (broad SMARTS) is 1. The standard InChI is InChI=1S/C14H17NO4/c1-10(16)15-8-4-3-5-11-9-12(14(17)18)6-7-13(11)19-2/h3,5-7,9H,4,8H2,1-2H3,(H,15,16)(H,17,18). The number of hydrogen-bond donors (Lipinski definition) is 2. The second-order valence-corrected chi connectivity index (χ2v) is 3.94. The van der Waals surface area contributed by atoms with Gasteiger partial charge in [-0.3, -0.25) is 4.79 Å². The smallest absolute Gasteiger partial charge is 0.335 e. The van der Waals surface area contributed by atoms with Gasteiger partial charge in [-0.05, 0) is 24.6 Å². The van der Waals surface area contributed by atoms with Gasteiger partial charge in [0.25, 0.3) is 0 Å². The summed E-state index contributed by atoms with van der Waals surface area (Å²) in [7, 11) is 1.53. The number of rotatable bonds is 6. The maximum Gasteiger partial charge on any atom is 0.335 e. The van der Waals surface area contributed by atoms with Crippen LogP contribution in [0.25, 0.3) is 6.08 Å². The van der Waals surface area contributed by atoms with Gasteiger partial charge in [-0.25, -0.2) is 4.79 Å². The van der Waals surface area contributed by atoms with Crippen molar-refractivity contribution in [3.63, 3.8) is 0 Å². The van der Waals surface area contributed by atoms with E-state index < -0.39 is 5.97 Å². The lowest BCUT2D eigenvalue weighted by Gasteiger charge is -2.05. The number of carboxylic acids is 1. The summed E-state index contributed by atoms with van der Waals surface area (Å²) in [5.41, 5.74) is 0.910. The van der Waals surface area contributed by atoms with Crippen molar-refractivity contribution in [1.82, 2.24) is 5.32 Å². The minimum Gasteiger partial charge on any atom is -0.496 e. The molecule has 0 atom stereocenters. The van der Waals surface area contributed by atoms with E-state index in [0.29, 0.717) is 24.3 Å². The SMILES string of the molecule is COc1ccc(C(=O)O)cc1C=CCCNC(C)=O. The van der Waals surface area contributed by atoms with Crippen LogP contribution >= 0.6 is 0 Å². The van der Waals surface area contributed by atoms with E-state index in [9.17, 15) is 9.59 Å². The Labute approximate surface area is 111 Å². The van der Waals surface area contributed by atoms with Gasteiger partial charge >= 0.3 is 5.97 Å². The van der Waals surface area contributed by atoms with E-state index >= 15 is 0 Å². The van der Waals surface area contributed by atoms with Gasteiger partial charge in [0.2, 0.25) is 5.91 Å². The molecule has 1 aromatic carbocycles. The molecule has 19 heavy (non-hydrogen) atoms. The molecule has 0 saturated heterocycles. The topological polar surface area (TPSA) is 75.6 Å². The van der Waals surface area contributed by atoms with Gasteiger partial charge in [0.05, 0.1) is 12.7 Å². The maximum atomic E-state index is 10.9. The van der Waals surface area contributed by atoms with E-state index in [-0.39, 0.29) is 11.5 Å². The molecule has 0 aliphatic heterocycles. The highest BCUT2D eigenvalue weighted by Gasteiger charge is 2.06. The predicted octanol–water partition coefficient (Wildman–Crippen LogP) is 1.93. The number of carbonyl (C=O) groups is 2. The number of aromatic carboxylic acids is 1. The Morgan fingerprint density at radius 3 is 2.74 bits per heavy atom. The number of ether oxygens (including phenoxy) is 1. The Kier molecular flexibility index (Phi) is 5.60. The molecule has 0 unspecified atom stereocenters. The molecule has 1 aromatic rings. The van der Waals surface area contributed by atoms with Gasteiger partial charge in [-0.15, -0.1) is 0 Å². The zero-order valence-electron chi connectivity index (χ0n) is 11.0. The van der Waals surface area contributed by atoms with Crippen molar-refractivity contribution >= 4 is 18.0 Å². The van der Waals surface area contributed by atoms with Crippen molar-refractivity contribution < 1.29 is 19.4 Å². The Balaban J connectivity index is 2.74. The number of nitrogens with one attached hydrogen (secondary N) is 1. The average molecular weight is 263 g/mol. The van der Waals surface area contributed by atoms with E-state index in [1.807, 2.05) is 6.08 Å². The molecule has 0 saturated carbocycles. The summed E-state index contributed by atoms with van der Waals surface area (Å²) in [5, 5.41) is 11.6. The molecule has 0 aromatic heterocycles. The summed E-state index contributed by atoms with van der Waals surface area (Å²) >= 11 is 0. The first-order chi connectivity index (χ1) is 9.04. The van der Waals surface area contributed by atoms with Crippen LogP contribution in [0.1, 0.15) is 29.3 Å². The van der Waals surface area contributed by atoms with Crippen LogP contribution in [0.4, 0.5) is 0 Å². The van der Waals surface area contributed by atoms with Crippen LogP contribution in [0.5, 0.6) is 5.75 Å². The molecule has 0 fully saturated rings. The fraction of sp³-hybridized carbons (Fsp3) is 0.286. The number of carbonyl (C=O) groups excluding carboxylic acids is 1. The summed E-state index contributed by atoms with van der Waals surface area (Å²) in [4.78, 5) is 21.6. The lowest BCUT2D eigenvalue weighted by Crippen LogP contribution is -2.20.